The van der Waals surface area contributed by atoms with Crippen LogP contribution in [0.2, 0.25) is 10.0 Å². The molecule has 0 bridgehead atoms. The van der Waals surface area contributed by atoms with E-state index >= 15 is 0 Å². The summed E-state index contributed by atoms with van der Waals surface area (Å²) in [4.78, 5) is 12.3. The molecule has 1 N–H and O–H groups in total. The number of fused-ring (bicyclic) bond motifs is 1. The standard InChI is InChI=1S/C16H13Cl2NO3/c17-12-4-1-3-11(15(12)18)16(20)19-10-5-6-13-14(9-10)22-8-2-7-21-13/h1,3-6,9H,2,7-8H2,(H,19,20). The van der Waals surface area contributed by atoms with Gasteiger partial charge in [0.2, 0.25) is 0 Å². The highest BCUT2D eigenvalue weighted by molar-refractivity contribution is 6.44. The number of carbonyl (C=O) groups is 1. The van der Waals surface area contributed by atoms with Crippen LogP contribution in [0, 0.1) is 0 Å². The van der Waals surface area contributed by atoms with Crippen molar-refractivity contribution in [3.05, 3.63) is 52.0 Å². The molecule has 2 aromatic carbocycles. The summed E-state index contributed by atoms with van der Waals surface area (Å²) in [6.07, 6.45) is 0.828. The number of benzene rings is 2. The molecule has 22 heavy (non-hydrogen) atoms. The van der Waals surface area contributed by atoms with Crippen LogP contribution in [0.25, 0.3) is 0 Å². The quantitative estimate of drug-likeness (QED) is 0.882. The van der Waals surface area contributed by atoms with E-state index in [1.165, 1.54) is 0 Å². The maximum absolute atomic E-state index is 12.3. The molecular weight excluding hydrogens is 325 g/mol. The average molecular weight is 338 g/mol. The average Bonchev–Trinajstić information content (AvgIpc) is 2.74. The van der Waals surface area contributed by atoms with Crippen LogP contribution in [0.3, 0.4) is 0 Å². The van der Waals surface area contributed by atoms with Gasteiger partial charge in [-0.05, 0) is 24.3 Å². The molecule has 1 aliphatic heterocycles. The summed E-state index contributed by atoms with van der Waals surface area (Å²) in [5.41, 5.74) is 0.923. The smallest absolute Gasteiger partial charge is 0.257 e. The summed E-state index contributed by atoms with van der Waals surface area (Å²) in [5.74, 6) is 0.964. The van der Waals surface area contributed by atoms with Gasteiger partial charge in [0.25, 0.3) is 5.91 Å². The molecule has 1 heterocycles. The number of nitrogens with one attached hydrogen (secondary N) is 1. The van der Waals surface area contributed by atoms with Gasteiger partial charge >= 0.3 is 0 Å². The van der Waals surface area contributed by atoms with Crippen molar-refractivity contribution in [3.63, 3.8) is 0 Å². The molecule has 0 radical (unpaired) electrons. The van der Waals surface area contributed by atoms with Crippen molar-refractivity contribution in [1.29, 1.82) is 0 Å². The molecule has 0 atom stereocenters. The van der Waals surface area contributed by atoms with Crippen molar-refractivity contribution in [2.75, 3.05) is 18.5 Å². The highest BCUT2D eigenvalue weighted by Gasteiger charge is 2.15. The second-order valence-electron chi connectivity index (χ2n) is 4.77. The fourth-order valence-corrected chi connectivity index (χ4v) is 2.50. The fraction of sp³-hybridized carbons (Fsp3) is 0.188. The summed E-state index contributed by atoms with van der Waals surface area (Å²) < 4.78 is 11.1. The topological polar surface area (TPSA) is 47.6 Å². The zero-order valence-corrected chi connectivity index (χ0v) is 13.1. The molecule has 0 saturated carbocycles. The molecule has 0 saturated heterocycles. The number of rotatable bonds is 2. The predicted octanol–water partition coefficient (Wildman–Crippen LogP) is 4.41. The summed E-state index contributed by atoms with van der Waals surface area (Å²) in [6, 6.07) is 10.2. The third-order valence-electron chi connectivity index (χ3n) is 3.20. The summed E-state index contributed by atoms with van der Waals surface area (Å²) in [5, 5.41) is 3.35. The molecule has 0 spiro atoms. The Morgan fingerprint density at radius 2 is 1.82 bits per heavy atom. The van der Waals surface area contributed by atoms with Crippen LogP contribution < -0.4 is 14.8 Å². The number of halogens is 2. The Bertz CT molecular complexity index is 719. The van der Waals surface area contributed by atoms with Gasteiger partial charge in [-0.15, -0.1) is 0 Å². The second-order valence-corrected chi connectivity index (χ2v) is 5.55. The molecule has 1 amide bonds. The van der Waals surface area contributed by atoms with Crippen LogP contribution in [0.5, 0.6) is 11.5 Å². The van der Waals surface area contributed by atoms with E-state index in [0.29, 0.717) is 41.0 Å². The Kier molecular flexibility index (Phi) is 4.41. The van der Waals surface area contributed by atoms with Gasteiger partial charge in [0.05, 0.1) is 28.8 Å². The Labute approximate surface area is 137 Å². The van der Waals surface area contributed by atoms with Gasteiger partial charge in [0.1, 0.15) is 0 Å². The number of hydrogen-bond acceptors (Lipinski definition) is 3. The number of carbonyl (C=O) groups excluding carboxylic acids is 1. The predicted molar refractivity (Wildman–Crippen MR) is 86.5 cm³/mol. The van der Waals surface area contributed by atoms with Crippen LogP contribution in [0.15, 0.2) is 36.4 Å². The van der Waals surface area contributed by atoms with Crippen molar-refractivity contribution in [2.24, 2.45) is 0 Å². The lowest BCUT2D eigenvalue weighted by Crippen LogP contribution is -2.12. The molecular formula is C16H13Cl2NO3. The Morgan fingerprint density at radius 3 is 2.64 bits per heavy atom. The van der Waals surface area contributed by atoms with E-state index in [-0.39, 0.29) is 10.9 Å². The minimum absolute atomic E-state index is 0.232. The molecule has 0 unspecified atom stereocenters. The van der Waals surface area contributed by atoms with Gasteiger partial charge < -0.3 is 14.8 Å². The van der Waals surface area contributed by atoms with Crippen molar-refractivity contribution in [1.82, 2.24) is 0 Å². The highest BCUT2D eigenvalue weighted by atomic mass is 35.5. The Balaban J connectivity index is 1.82. The van der Waals surface area contributed by atoms with Gasteiger partial charge in [-0.3, -0.25) is 4.79 Å². The van der Waals surface area contributed by atoms with E-state index in [1.54, 1.807) is 36.4 Å². The van der Waals surface area contributed by atoms with Gasteiger partial charge in [-0.2, -0.15) is 0 Å². The van der Waals surface area contributed by atoms with Crippen LogP contribution >= 0.6 is 23.2 Å². The lowest BCUT2D eigenvalue weighted by atomic mass is 10.2. The minimum Gasteiger partial charge on any atom is -0.490 e. The van der Waals surface area contributed by atoms with Gasteiger partial charge in [-0.1, -0.05) is 29.3 Å². The lowest BCUT2D eigenvalue weighted by Gasteiger charge is -2.11. The van der Waals surface area contributed by atoms with Gasteiger partial charge in [0.15, 0.2) is 11.5 Å². The number of anilines is 1. The van der Waals surface area contributed by atoms with E-state index < -0.39 is 0 Å². The van der Waals surface area contributed by atoms with Crippen LogP contribution in [0.4, 0.5) is 5.69 Å². The van der Waals surface area contributed by atoms with Crippen molar-refractivity contribution >= 4 is 34.8 Å². The van der Waals surface area contributed by atoms with Crippen LogP contribution in [0.1, 0.15) is 16.8 Å². The third-order valence-corrected chi connectivity index (χ3v) is 4.02. The summed E-state index contributed by atoms with van der Waals surface area (Å²) in [6.45, 7) is 1.21. The molecule has 4 nitrogen and oxygen atoms in total. The fourth-order valence-electron chi connectivity index (χ4n) is 2.12. The van der Waals surface area contributed by atoms with Gasteiger partial charge in [-0.25, -0.2) is 0 Å². The Morgan fingerprint density at radius 1 is 1.05 bits per heavy atom. The first-order chi connectivity index (χ1) is 10.6. The summed E-state index contributed by atoms with van der Waals surface area (Å²) in [7, 11) is 0. The SMILES string of the molecule is O=C(Nc1ccc2c(c1)OCCCO2)c1cccc(Cl)c1Cl. The van der Waals surface area contributed by atoms with E-state index in [4.69, 9.17) is 32.7 Å². The second kappa shape index (κ2) is 6.46. The first-order valence-electron chi connectivity index (χ1n) is 6.80. The van der Waals surface area contributed by atoms with E-state index in [1.807, 2.05) is 0 Å². The monoisotopic (exact) mass is 337 g/mol. The molecule has 0 fully saturated rings. The number of hydrogen-bond donors (Lipinski definition) is 1. The number of ether oxygens (including phenoxy) is 2. The molecule has 114 valence electrons. The first-order valence-corrected chi connectivity index (χ1v) is 7.56. The molecule has 2 aromatic rings. The van der Waals surface area contributed by atoms with E-state index in [9.17, 15) is 4.79 Å². The molecule has 3 rings (SSSR count). The maximum Gasteiger partial charge on any atom is 0.257 e. The minimum atomic E-state index is -0.331. The molecule has 0 aromatic heterocycles. The van der Waals surface area contributed by atoms with Crippen molar-refractivity contribution in [3.8, 4) is 11.5 Å². The van der Waals surface area contributed by atoms with Gasteiger partial charge in [0, 0.05) is 18.2 Å². The normalized spacial score (nSPS) is 13.4. The van der Waals surface area contributed by atoms with Crippen LogP contribution in [-0.2, 0) is 0 Å². The maximum atomic E-state index is 12.3. The molecule has 1 aliphatic rings. The number of amides is 1. The summed E-state index contributed by atoms with van der Waals surface area (Å²) >= 11 is 12.0. The van der Waals surface area contributed by atoms with Crippen molar-refractivity contribution in [2.45, 2.75) is 6.42 Å². The molecule has 0 aliphatic carbocycles. The Hall–Kier alpha value is -1.91. The van der Waals surface area contributed by atoms with Crippen molar-refractivity contribution < 1.29 is 14.3 Å². The highest BCUT2D eigenvalue weighted by Crippen LogP contribution is 2.33. The first kappa shape index (κ1) is 15.0. The zero-order valence-electron chi connectivity index (χ0n) is 11.6. The zero-order chi connectivity index (χ0) is 15.5. The lowest BCUT2D eigenvalue weighted by molar-refractivity contribution is 0.102. The third kappa shape index (κ3) is 3.13. The van der Waals surface area contributed by atoms with E-state index in [2.05, 4.69) is 5.32 Å². The molecule has 6 heteroatoms. The van der Waals surface area contributed by atoms with E-state index in [0.717, 1.165) is 6.42 Å². The largest absolute Gasteiger partial charge is 0.490 e. The van der Waals surface area contributed by atoms with Crippen LogP contribution in [-0.4, -0.2) is 19.1 Å².